The Morgan fingerprint density at radius 1 is 1.48 bits per heavy atom. The molecule has 3 rings (SSSR count). The summed E-state index contributed by atoms with van der Waals surface area (Å²) in [5.41, 5.74) is 1.42. The van der Waals surface area contributed by atoms with Crippen LogP contribution in [0.1, 0.15) is 24.2 Å². The highest BCUT2D eigenvalue weighted by molar-refractivity contribution is 5.87. The number of furan rings is 1. The van der Waals surface area contributed by atoms with E-state index in [0.29, 0.717) is 29.7 Å². The third-order valence-electron chi connectivity index (χ3n) is 4.45. The molecular formula is C17H19FN2O3. The monoisotopic (exact) mass is 318 g/mol. The normalized spacial score (nSPS) is 18.5. The quantitative estimate of drug-likeness (QED) is 0.945. The van der Waals surface area contributed by atoms with Gasteiger partial charge in [-0.15, -0.1) is 0 Å². The van der Waals surface area contributed by atoms with Crippen molar-refractivity contribution in [1.82, 2.24) is 10.2 Å². The molecule has 6 heteroatoms. The largest absolute Gasteiger partial charge is 0.459 e. The topological polar surface area (TPSA) is 62.6 Å². The second-order valence-electron chi connectivity index (χ2n) is 6.01. The second kappa shape index (κ2) is 6.02. The van der Waals surface area contributed by atoms with E-state index >= 15 is 0 Å². The zero-order chi connectivity index (χ0) is 16.6. The molecule has 1 aliphatic heterocycles. The molecule has 1 unspecified atom stereocenters. The van der Waals surface area contributed by atoms with Crippen LogP contribution < -0.4 is 5.32 Å². The molecule has 0 radical (unpaired) electrons. The lowest BCUT2D eigenvalue weighted by molar-refractivity contribution is -0.139. The number of benzene rings is 1. The third-order valence-corrected chi connectivity index (χ3v) is 4.45. The van der Waals surface area contributed by atoms with Crippen LogP contribution >= 0.6 is 0 Å². The number of nitrogens with one attached hydrogen (secondary N) is 1. The molecule has 122 valence electrons. The van der Waals surface area contributed by atoms with Crippen LogP contribution in [0.3, 0.4) is 0 Å². The fraction of sp³-hybridized carbons (Fsp3) is 0.412. The van der Waals surface area contributed by atoms with Gasteiger partial charge in [-0.2, -0.15) is 0 Å². The number of nitrogens with zero attached hydrogens (tertiary/aromatic N) is 1. The number of likely N-dealkylation sites (tertiary alicyclic amines) is 1. The molecule has 2 aromatic rings. The molecule has 1 atom stereocenters. The lowest BCUT2D eigenvalue weighted by atomic mass is 9.95. The van der Waals surface area contributed by atoms with Gasteiger partial charge in [-0.1, -0.05) is 0 Å². The van der Waals surface area contributed by atoms with E-state index in [1.165, 1.54) is 12.1 Å². The number of piperidine rings is 1. The molecular weight excluding hydrogens is 299 g/mol. The second-order valence-corrected chi connectivity index (χ2v) is 6.01. The summed E-state index contributed by atoms with van der Waals surface area (Å²) in [5.74, 6) is -0.148. The van der Waals surface area contributed by atoms with Crippen molar-refractivity contribution in [2.24, 2.45) is 5.92 Å². The maximum absolute atomic E-state index is 13.3. The van der Waals surface area contributed by atoms with Crippen LogP contribution in [0, 0.1) is 18.7 Å². The van der Waals surface area contributed by atoms with Crippen molar-refractivity contribution >= 4 is 22.8 Å². The third kappa shape index (κ3) is 3.06. The number of hydrogen-bond acceptors (Lipinski definition) is 3. The minimum Gasteiger partial charge on any atom is -0.459 e. The minimum absolute atomic E-state index is 0.00760. The van der Waals surface area contributed by atoms with Crippen molar-refractivity contribution in [1.29, 1.82) is 0 Å². The molecule has 1 fully saturated rings. The maximum Gasteiger partial charge on any atom is 0.224 e. The smallest absolute Gasteiger partial charge is 0.224 e. The molecule has 5 nitrogen and oxygen atoms in total. The van der Waals surface area contributed by atoms with Gasteiger partial charge >= 0.3 is 0 Å². The molecule has 1 aromatic heterocycles. The summed E-state index contributed by atoms with van der Waals surface area (Å²) in [7, 11) is 1.74. The first kappa shape index (κ1) is 15.5. The van der Waals surface area contributed by atoms with Gasteiger partial charge in [-0.25, -0.2) is 4.39 Å². The molecule has 1 N–H and O–H groups in total. The van der Waals surface area contributed by atoms with Crippen molar-refractivity contribution in [2.75, 3.05) is 13.6 Å². The zero-order valence-corrected chi connectivity index (χ0v) is 13.2. The lowest BCUT2D eigenvalue weighted by Crippen LogP contribution is -2.41. The Labute approximate surface area is 133 Å². The number of carbonyl (C=O) groups excluding carboxylic acids is 2. The predicted octanol–water partition coefficient (Wildman–Crippen LogP) is 2.36. The maximum atomic E-state index is 13.3. The predicted molar refractivity (Wildman–Crippen MR) is 83.1 cm³/mol. The van der Waals surface area contributed by atoms with Crippen LogP contribution in [0.2, 0.25) is 0 Å². The van der Waals surface area contributed by atoms with Gasteiger partial charge in [-0.05, 0) is 31.5 Å². The Morgan fingerprint density at radius 3 is 3.00 bits per heavy atom. The first-order chi connectivity index (χ1) is 11.0. The van der Waals surface area contributed by atoms with Crippen molar-refractivity contribution in [3.05, 3.63) is 35.3 Å². The molecule has 1 aliphatic rings. The summed E-state index contributed by atoms with van der Waals surface area (Å²) in [4.78, 5) is 25.5. The van der Waals surface area contributed by atoms with Crippen LogP contribution in [-0.4, -0.2) is 30.3 Å². The Morgan fingerprint density at radius 2 is 2.26 bits per heavy atom. The first-order valence-corrected chi connectivity index (χ1v) is 7.65. The van der Waals surface area contributed by atoms with Gasteiger partial charge in [-0.3, -0.25) is 9.59 Å². The molecule has 1 saturated heterocycles. The number of halogens is 1. The Balaban J connectivity index is 1.67. The van der Waals surface area contributed by atoms with E-state index in [4.69, 9.17) is 4.42 Å². The summed E-state index contributed by atoms with van der Waals surface area (Å²) in [6.45, 7) is 2.67. The summed E-state index contributed by atoms with van der Waals surface area (Å²) >= 11 is 0. The summed E-state index contributed by atoms with van der Waals surface area (Å²) < 4.78 is 19.0. The van der Waals surface area contributed by atoms with Crippen LogP contribution in [0.25, 0.3) is 11.0 Å². The van der Waals surface area contributed by atoms with Crippen molar-refractivity contribution in [3.63, 3.8) is 0 Å². The van der Waals surface area contributed by atoms with Crippen LogP contribution in [0.4, 0.5) is 4.39 Å². The molecule has 1 aromatic carbocycles. The van der Waals surface area contributed by atoms with Gasteiger partial charge in [0.2, 0.25) is 11.8 Å². The standard InChI is InChI=1S/C17H19FN2O3/c1-10-13-8-12(18)3-4-14(13)23-15(10)9-19-17(22)11-5-6-20(2)16(21)7-11/h3-4,8,11H,5-7,9H2,1-2H3,(H,19,22). The highest BCUT2D eigenvalue weighted by atomic mass is 19.1. The number of amides is 2. The van der Waals surface area contributed by atoms with Crippen LogP contribution in [0.15, 0.2) is 22.6 Å². The van der Waals surface area contributed by atoms with E-state index in [9.17, 15) is 14.0 Å². The van der Waals surface area contributed by atoms with Crippen LogP contribution in [-0.2, 0) is 16.1 Å². The Kier molecular flexibility index (Phi) is 4.07. The number of hydrogen-bond donors (Lipinski definition) is 1. The Hall–Kier alpha value is -2.37. The summed E-state index contributed by atoms with van der Waals surface area (Å²) in [6, 6.07) is 4.35. The van der Waals surface area contributed by atoms with E-state index in [1.807, 2.05) is 6.92 Å². The van der Waals surface area contributed by atoms with Gasteiger partial charge in [0.15, 0.2) is 0 Å². The average molecular weight is 318 g/mol. The zero-order valence-electron chi connectivity index (χ0n) is 13.2. The highest BCUT2D eigenvalue weighted by Gasteiger charge is 2.28. The fourth-order valence-electron chi connectivity index (χ4n) is 2.89. The van der Waals surface area contributed by atoms with Gasteiger partial charge in [0, 0.05) is 36.9 Å². The molecule has 0 saturated carbocycles. The molecule has 0 aliphatic carbocycles. The fourth-order valence-corrected chi connectivity index (χ4v) is 2.89. The first-order valence-electron chi connectivity index (χ1n) is 7.65. The van der Waals surface area contributed by atoms with Gasteiger partial charge in [0.1, 0.15) is 17.2 Å². The van der Waals surface area contributed by atoms with Gasteiger partial charge < -0.3 is 14.6 Å². The van der Waals surface area contributed by atoms with Gasteiger partial charge in [0.25, 0.3) is 0 Å². The van der Waals surface area contributed by atoms with Crippen molar-refractivity contribution < 1.29 is 18.4 Å². The van der Waals surface area contributed by atoms with E-state index in [-0.39, 0.29) is 36.5 Å². The SMILES string of the molecule is Cc1c(CNC(=O)C2CCN(C)C(=O)C2)oc2ccc(F)cc12. The van der Waals surface area contributed by atoms with Crippen molar-refractivity contribution in [2.45, 2.75) is 26.3 Å². The molecule has 23 heavy (non-hydrogen) atoms. The van der Waals surface area contributed by atoms with E-state index in [2.05, 4.69) is 5.32 Å². The minimum atomic E-state index is -0.318. The number of carbonyl (C=O) groups is 2. The summed E-state index contributed by atoms with van der Waals surface area (Å²) in [5, 5.41) is 3.54. The number of aryl methyl sites for hydroxylation is 1. The lowest BCUT2D eigenvalue weighted by Gasteiger charge is -2.27. The van der Waals surface area contributed by atoms with Gasteiger partial charge in [0.05, 0.1) is 6.54 Å². The number of rotatable bonds is 3. The highest BCUT2D eigenvalue weighted by Crippen LogP contribution is 2.26. The Bertz CT molecular complexity index is 769. The molecule has 2 amide bonds. The van der Waals surface area contributed by atoms with E-state index in [1.54, 1.807) is 18.0 Å². The molecule has 0 spiro atoms. The summed E-state index contributed by atoms with van der Waals surface area (Å²) in [6.07, 6.45) is 0.908. The molecule has 0 bridgehead atoms. The van der Waals surface area contributed by atoms with E-state index in [0.717, 1.165) is 5.56 Å². The van der Waals surface area contributed by atoms with E-state index < -0.39 is 0 Å². The average Bonchev–Trinajstić information content (AvgIpc) is 2.84. The number of fused-ring (bicyclic) bond motifs is 1. The molecule has 2 heterocycles. The van der Waals surface area contributed by atoms with Crippen molar-refractivity contribution in [3.8, 4) is 0 Å². The van der Waals surface area contributed by atoms with Crippen LogP contribution in [0.5, 0.6) is 0 Å².